The molecule has 0 aliphatic heterocycles. The van der Waals surface area contributed by atoms with Gasteiger partial charge >= 0.3 is 0 Å². The van der Waals surface area contributed by atoms with E-state index in [-0.39, 0.29) is 12.5 Å². The Balaban J connectivity index is 2.33. The highest BCUT2D eigenvalue weighted by atomic mass is 35.5. The molecule has 1 nitrogen and oxygen atoms in total. The van der Waals surface area contributed by atoms with Crippen molar-refractivity contribution in [3.63, 3.8) is 0 Å². The predicted molar refractivity (Wildman–Crippen MR) is 71.8 cm³/mol. The van der Waals surface area contributed by atoms with Gasteiger partial charge in [0.1, 0.15) is 0 Å². The molecule has 0 atom stereocenters. The van der Waals surface area contributed by atoms with Gasteiger partial charge in [0.15, 0.2) is 0 Å². The molecule has 0 aromatic heterocycles. The van der Waals surface area contributed by atoms with Crippen LogP contribution in [-0.2, 0) is 0 Å². The molecular formula is C14H12Cl2O. The van der Waals surface area contributed by atoms with Gasteiger partial charge in [0.25, 0.3) is 0 Å². The molecule has 0 radical (unpaired) electrons. The lowest BCUT2D eigenvalue weighted by molar-refractivity contribution is 0.280. The fraction of sp³-hybridized carbons (Fsp3) is 0.143. The summed E-state index contributed by atoms with van der Waals surface area (Å²) in [6, 6.07) is 15.0. The van der Waals surface area contributed by atoms with E-state index in [0.717, 1.165) is 11.1 Å². The molecule has 88 valence electrons. The number of hydrogen-bond donors (Lipinski definition) is 1. The summed E-state index contributed by atoms with van der Waals surface area (Å²) < 4.78 is 0. The van der Waals surface area contributed by atoms with Gasteiger partial charge in [0.2, 0.25) is 0 Å². The Labute approximate surface area is 111 Å². The Kier molecular flexibility index (Phi) is 4.06. The van der Waals surface area contributed by atoms with Crippen molar-refractivity contribution in [1.29, 1.82) is 0 Å². The van der Waals surface area contributed by atoms with Crippen LogP contribution in [0.1, 0.15) is 17.0 Å². The zero-order valence-corrected chi connectivity index (χ0v) is 10.6. The van der Waals surface area contributed by atoms with Crippen molar-refractivity contribution < 1.29 is 5.11 Å². The van der Waals surface area contributed by atoms with Crippen LogP contribution in [0.25, 0.3) is 0 Å². The van der Waals surface area contributed by atoms with E-state index >= 15 is 0 Å². The van der Waals surface area contributed by atoms with Crippen molar-refractivity contribution in [2.24, 2.45) is 0 Å². The van der Waals surface area contributed by atoms with E-state index in [0.29, 0.717) is 10.0 Å². The minimum atomic E-state index is -0.0375. The molecule has 0 fully saturated rings. The van der Waals surface area contributed by atoms with E-state index in [1.807, 2.05) is 48.5 Å². The quantitative estimate of drug-likeness (QED) is 0.886. The lowest BCUT2D eigenvalue weighted by atomic mass is 9.92. The van der Waals surface area contributed by atoms with Gasteiger partial charge in [-0.05, 0) is 35.4 Å². The zero-order valence-electron chi connectivity index (χ0n) is 9.11. The first-order valence-electron chi connectivity index (χ1n) is 5.32. The molecular weight excluding hydrogens is 255 g/mol. The van der Waals surface area contributed by atoms with Crippen LogP contribution in [0.4, 0.5) is 0 Å². The van der Waals surface area contributed by atoms with Gasteiger partial charge in [-0.2, -0.15) is 0 Å². The van der Waals surface area contributed by atoms with Crippen molar-refractivity contribution in [1.82, 2.24) is 0 Å². The highest BCUT2D eigenvalue weighted by molar-refractivity contribution is 6.30. The number of hydrogen-bond acceptors (Lipinski definition) is 1. The van der Waals surface area contributed by atoms with Crippen LogP contribution >= 0.6 is 23.2 Å². The fourth-order valence-corrected chi connectivity index (χ4v) is 2.05. The molecule has 0 spiro atoms. The molecule has 3 heteroatoms. The smallest absolute Gasteiger partial charge is 0.0540 e. The summed E-state index contributed by atoms with van der Waals surface area (Å²) in [5, 5.41) is 10.9. The van der Waals surface area contributed by atoms with Crippen molar-refractivity contribution in [2.75, 3.05) is 6.61 Å². The first-order valence-corrected chi connectivity index (χ1v) is 6.08. The van der Waals surface area contributed by atoms with Crippen molar-refractivity contribution in [2.45, 2.75) is 5.92 Å². The second-order valence-electron chi connectivity index (χ2n) is 3.84. The number of aliphatic hydroxyl groups is 1. The average molecular weight is 267 g/mol. The predicted octanol–water partition coefficient (Wildman–Crippen LogP) is 4.12. The standard InChI is InChI=1S/C14H12Cl2O/c15-12-5-1-10(2-6-12)14(9-17)11-3-7-13(16)8-4-11/h1-8,14,17H,9H2. The maximum atomic E-state index is 9.51. The van der Waals surface area contributed by atoms with Crippen LogP contribution in [0.2, 0.25) is 10.0 Å². The summed E-state index contributed by atoms with van der Waals surface area (Å²) in [5.74, 6) is -0.0375. The molecule has 0 heterocycles. The first-order chi connectivity index (χ1) is 8.20. The van der Waals surface area contributed by atoms with Gasteiger partial charge in [-0.3, -0.25) is 0 Å². The average Bonchev–Trinajstić information content (AvgIpc) is 2.35. The number of benzene rings is 2. The van der Waals surface area contributed by atoms with Gasteiger partial charge in [-0.25, -0.2) is 0 Å². The molecule has 2 aromatic carbocycles. The minimum absolute atomic E-state index is 0.0375. The summed E-state index contributed by atoms with van der Waals surface area (Å²) in [5.41, 5.74) is 2.08. The van der Waals surface area contributed by atoms with E-state index in [2.05, 4.69) is 0 Å². The van der Waals surface area contributed by atoms with Crippen LogP contribution < -0.4 is 0 Å². The summed E-state index contributed by atoms with van der Waals surface area (Å²) in [4.78, 5) is 0. The van der Waals surface area contributed by atoms with E-state index in [1.165, 1.54) is 0 Å². The van der Waals surface area contributed by atoms with Crippen molar-refractivity contribution in [3.05, 3.63) is 69.7 Å². The first kappa shape index (κ1) is 12.4. The molecule has 17 heavy (non-hydrogen) atoms. The number of aliphatic hydroxyl groups excluding tert-OH is 1. The van der Waals surface area contributed by atoms with Gasteiger partial charge in [-0.1, -0.05) is 47.5 Å². The molecule has 0 saturated carbocycles. The molecule has 0 unspecified atom stereocenters. The summed E-state index contributed by atoms with van der Waals surface area (Å²) in [7, 11) is 0. The molecule has 1 N–H and O–H groups in total. The molecule has 0 aliphatic carbocycles. The minimum Gasteiger partial charge on any atom is -0.395 e. The largest absolute Gasteiger partial charge is 0.395 e. The highest BCUT2D eigenvalue weighted by Crippen LogP contribution is 2.26. The van der Waals surface area contributed by atoms with Crippen LogP contribution in [0.15, 0.2) is 48.5 Å². The number of rotatable bonds is 3. The third-order valence-electron chi connectivity index (χ3n) is 2.73. The molecule has 0 saturated heterocycles. The van der Waals surface area contributed by atoms with E-state index in [9.17, 15) is 5.11 Å². The Morgan fingerprint density at radius 1 is 0.765 bits per heavy atom. The van der Waals surface area contributed by atoms with Crippen LogP contribution in [0.3, 0.4) is 0 Å². The topological polar surface area (TPSA) is 20.2 Å². The molecule has 2 rings (SSSR count). The molecule has 2 aromatic rings. The summed E-state index contributed by atoms with van der Waals surface area (Å²) >= 11 is 11.7. The van der Waals surface area contributed by atoms with E-state index in [1.54, 1.807) is 0 Å². The van der Waals surface area contributed by atoms with E-state index in [4.69, 9.17) is 23.2 Å². The molecule has 0 aliphatic rings. The van der Waals surface area contributed by atoms with Gasteiger partial charge < -0.3 is 5.11 Å². The van der Waals surface area contributed by atoms with Gasteiger partial charge in [-0.15, -0.1) is 0 Å². The fourth-order valence-electron chi connectivity index (χ4n) is 1.79. The Hall–Kier alpha value is -1.02. The van der Waals surface area contributed by atoms with Gasteiger partial charge in [0.05, 0.1) is 6.61 Å². The SMILES string of the molecule is OCC(c1ccc(Cl)cc1)c1ccc(Cl)cc1. The van der Waals surface area contributed by atoms with Gasteiger partial charge in [0, 0.05) is 16.0 Å². The third-order valence-corrected chi connectivity index (χ3v) is 3.23. The summed E-state index contributed by atoms with van der Waals surface area (Å²) in [6.07, 6.45) is 0. The van der Waals surface area contributed by atoms with Crippen LogP contribution in [0, 0.1) is 0 Å². The summed E-state index contributed by atoms with van der Waals surface area (Å²) in [6.45, 7) is 0.0588. The third kappa shape index (κ3) is 3.01. The zero-order chi connectivity index (χ0) is 12.3. The highest BCUT2D eigenvalue weighted by Gasteiger charge is 2.12. The Bertz CT molecular complexity index is 431. The van der Waals surface area contributed by atoms with Crippen molar-refractivity contribution in [3.8, 4) is 0 Å². The maximum absolute atomic E-state index is 9.51. The lowest BCUT2D eigenvalue weighted by Crippen LogP contribution is -2.05. The molecule has 0 bridgehead atoms. The van der Waals surface area contributed by atoms with Crippen LogP contribution in [0.5, 0.6) is 0 Å². The van der Waals surface area contributed by atoms with Crippen LogP contribution in [-0.4, -0.2) is 11.7 Å². The number of halogens is 2. The molecule has 0 amide bonds. The second kappa shape index (κ2) is 5.54. The second-order valence-corrected chi connectivity index (χ2v) is 4.71. The Morgan fingerprint density at radius 3 is 1.41 bits per heavy atom. The Morgan fingerprint density at radius 2 is 1.12 bits per heavy atom. The maximum Gasteiger partial charge on any atom is 0.0540 e. The van der Waals surface area contributed by atoms with E-state index < -0.39 is 0 Å². The van der Waals surface area contributed by atoms with Crippen molar-refractivity contribution >= 4 is 23.2 Å². The monoisotopic (exact) mass is 266 g/mol. The normalized spacial score (nSPS) is 10.8. The lowest BCUT2D eigenvalue weighted by Gasteiger charge is -2.15.